The van der Waals surface area contributed by atoms with Crippen molar-refractivity contribution in [2.24, 2.45) is 0 Å². The van der Waals surface area contributed by atoms with Crippen molar-refractivity contribution in [3.05, 3.63) is 11.8 Å². The van der Waals surface area contributed by atoms with Crippen molar-refractivity contribution in [3.8, 4) is 0 Å². The van der Waals surface area contributed by atoms with Gasteiger partial charge in [0.1, 0.15) is 0 Å². The van der Waals surface area contributed by atoms with Crippen LogP contribution in [0.25, 0.3) is 0 Å². The Morgan fingerprint density at radius 1 is 1.67 bits per heavy atom. The van der Waals surface area contributed by atoms with E-state index in [1.54, 1.807) is 6.92 Å². The number of rotatable bonds is 0. The van der Waals surface area contributed by atoms with Crippen LogP contribution in [0.15, 0.2) is 11.8 Å². The second kappa shape index (κ2) is 5.14. The van der Waals surface area contributed by atoms with Gasteiger partial charge in [0.05, 0.1) is 0 Å². The fourth-order valence-electron chi connectivity index (χ4n) is 0. The molecule has 0 unspecified atom stereocenters. The SMILES string of the molecule is C/C=C(\C)[O-].[Li+]. The summed E-state index contributed by atoms with van der Waals surface area (Å²) < 4.78 is 0. The van der Waals surface area contributed by atoms with E-state index in [2.05, 4.69) is 0 Å². The summed E-state index contributed by atoms with van der Waals surface area (Å²) in [5.74, 6) is 0.130. The van der Waals surface area contributed by atoms with Gasteiger partial charge in [-0.05, 0) is 6.92 Å². The molecule has 0 aromatic rings. The molecule has 0 aromatic heterocycles. The molecular weight excluding hydrogens is 71.0 g/mol. The molecule has 0 aromatic carbocycles. The van der Waals surface area contributed by atoms with Crippen LogP contribution >= 0.6 is 0 Å². The zero-order chi connectivity index (χ0) is 4.28. The Balaban J connectivity index is 0. The standard InChI is InChI=1S/C4H8O.Li/c1-3-4(2)5;/h3,5H,1-2H3;/q;+1/p-1/b4-3+;. The van der Waals surface area contributed by atoms with Gasteiger partial charge in [0.25, 0.3) is 0 Å². The van der Waals surface area contributed by atoms with Gasteiger partial charge in [-0.2, -0.15) is 0 Å². The summed E-state index contributed by atoms with van der Waals surface area (Å²) in [6.45, 7) is 3.25. The smallest absolute Gasteiger partial charge is 0.876 e. The number of hydrogen-bond acceptors (Lipinski definition) is 1. The van der Waals surface area contributed by atoms with E-state index in [1.165, 1.54) is 13.0 Å². The minimum atomic E-state index is 0. The van der Waals surface area contributed by atoms with Gasteiger partial charge in [0.2, 0.25) is 0 Å². The van der Waals surface area contributed by atoms with Crippen molar-refractivity contribution in [1.29, 1.82) is 0 Å². The maximum atomic E-state index is 9.76. The minimum Gasteiger partial charge on any atom is -0.876 e. The summed E-state index contributed by atoms with van der Waals surface area (Å²) in [7, 11) is 0. The molecule has 0 rings (SSSR count). The van der Waals surface area contributed by atoms with Gasteiger partial charge in [0.15, 0.2) is 0 Å². The van der Waals surface area contributed by atoms with Gasteiger partial charge in [0, 0.05) is 0 Å². The van der Waals surface area contributed by atoms with Crippen molar-refractivity contribution in [1.82, 2.24) is 0 Å². The summed E-state index contributed by atoms with van der Waals surface area (Å²) in [6.07, 6.45) is 1.53. The quantitative estimate of drug-likeness (QED) is 0.228. The Labute approximate surface area is 50.2 Å². The molecule has 0 bridgehead atoms. The van der Waals surface area contributed by atoms with E-state index in [-0.39, 0.29) is 24.6 Å². The van der Waals surface area contributed by atoms with Crippen LogP contribution in [-0.4, -0.2) is 0 Å². The molecule has 0 saturated heterocycles. The molecule has 0 saturated carbocycles. The summed E-state index contributed by atoms with van der Waals surface area (Å²) in [5, 5.41) is 9.76. The van der Waals surface area contributed by atoms with Gasteiger partial charge in [-0.25, -0.2) is 0 Å². The molecule has 0 atom stereocenters. The Morgan fingerprint density at radius 2 is 1.83 bits per heavy atom. The van der Waals surface area contributed by atoms with E-state index >= 15 is 0 Å². The van der Waals surface area contributed by atoms with E-state index in [1.807, 2.05) is 0 Å². The van der Waals surface area contributed by atoms with E-state index in [4.69, 9.17) is 0 Å². The predicted molar refractivity (Wildman–Crippen MR) is 19.4 cm³/mol. The fraction of sp³-hybridized carbons (Fsp3) is 0.500. The van der Waals surface area contributed by atoms with E-state index in [0.717, 1.165) is 0 Å². The third-order valence-corrected chi connectivity index (χ3v) is 0.407. The molecule has 0 aliphatic heterocycles. The molecule has 0 aliphatic rings. The van der Waals surface area contributed by atoms with Crippen molar-refractivity contribution in [3.63, 3.8) is 0 Å². The summed E-state index contributed by atoms with van der Waals surface area (Å²) in [6, 6.07) is 0. The predicted octanol–water partition coefficient (Wildman–Crippen LogP) is -2.73. The largest absolute Gasteiger partial charge is 1.00 e. The Bertz CT molecular complexity index is 45.5. The van der Waals surface area contributed by atoms with Crippen molar-refractivity contribution < 1.29 is 24.0 Å². The molecule has 0 N–H and O–H groups in total. The molecule has 1 nitrogen and oxygen atoms in total. The third kappa shape index (κ3) is 8.91. The number of hydrogen-bond donors (Lipinski definition) is 0. The van der Waals surface area contributed by atoms with Crippen molar-refractivity contribution in [2.45, 2.75) is 13.8 Å². The molecule has 0 heterocycles. The second-order valence-corrected chi connectivity index (χ2v) is 0.899. The van der Waals surface area contributed by atoms with Crippen LogP contribution in [0.2, 0.25) is 0 Å². The average molecular weight is 78.0 g/mol. The van der Waals surface area contributed by atoms with E-state index in [0.29, 0.717) is 0 Å². The Hall–Kier alpha value is 0.137. The molecule has 0 aliphatic carbocycles. The summed E-state index contributed by atoms with van der Waals surface area (Å²) >= 11 is 0. The second-order valence-electron chi connectivity index (χ2n) is 0.899. The third-order valence-electron chi connectivity index (χ3n) is 0.407. The van der Waals surface area contributed by atoms with Crippen LogP contribution in [0.4, 0.5) is 0 Å². The molecule has 0 spiro atoms. The van der Waals surface area contributed by atoms with Crippen LogP contribution in [0.3, 0.4) is 0 Å². The summed E-state index contributed by atoms with van der Waals surface area (Å²) in [5.41, 5.74) is 0. The molecule has 0 fully saturated rings. The van der Waals surface area contributed by atoms with Gasteiger partial charge >= 0.3 is 18.9 Å². The molecule has 0 radical (unpaired) electrons. The van der Waals surface area contributed by atoms with Crippen LogP contribution in [0, 0.1) is 0 Å². The van der Waals surface area contributed by atoms with Crippen LogP contribution in [0.5, 0.6) is 0 Å². The summed E-state index contributed by atoms with van der Waals surface area (Å²) in [4.78, 5) is 0. The molecule has 30 valence electrons. The van der Waals surface area contributed by atoms with Crippen LogP contribution < -0.4 is 24.0 Å². The Kier molecular flexibility index (Phi) is 8.10. The van der Waals surface area contributed by atoms with Gasteiger partial charge in [-0.3, -0.25) is 0 Å². The Morgan fingerprint density at radius 3 is 1.83 bits per heavy atom. The molecule has 2 heteroatoms. The van der Waals surface area contributed by atoms with Crippen LogP contribution in [0.1, 0.15) is 13.8 Å². The zero-order valence-electron chi connectivity index (χ0n) is 4.49. The van der Waals surface area contributed by atoms with Crippen LogP contribution in [-0.2, 0) is 0 Å². The topological polar surface area (TPSA) is 23.1 Å². The first-order valence-electron chi connectivity index (χ1n) is 1.57. The van der Waals surface area contributed by atoms with E-state index < -0.39 is 0 Å². The zero-order valence-corrected chi connectivity index (χ0v) is 4.49. The normalized spacial score (nSPS) is 10.0. The maximum absolute atomic E-state index is 9.76. The first-order valence-corrected chi connectivity index (χ1v) is 1.57. The fourth-order valence-corrected chi connectivity index (χ4v) is 0. The first-order chi connectivity index (χ1) is 2.27. The van der Waals surface area contributed by atoms with E-state index in [9.17, 15) is 5.11 Å². The first kappa shape index (κ1) is 9.46. The monoisotopic (exact) mass is 78.1 g/mol. The molecule has 0 amide bonds. The van der Waals surface area contributed by atoms with Gasteiger partial charge in [-0.1, -0.05) is 13.0 Å². The minimum absolute atomic E-state index is 0. The van der Waals surface area contributed by atoms with Crippen molar-refractivity contribution in [2.75, 3.05) is 0 Å². The van der Waals surface area contributed by atoms with Gasteiger partial charge < -0.3 is 5.11 Å². The van der Waals surface area contributed by atoms with Gasteiger partial charge in [-0.15, -0.1) is 5.76 Å². The number of allylic oxidation sites excluding steroid dienone is 2. The molecule has 6 heavy (non-hydrogen) atoms. The van der Waals surface area contributed by atoms with Crippen molar-refractivity contribution >= 4 is 0 Å². The maximum Gasteiger partial charge on any atom is 1.00 e. The molecular formula is C4H7LiO. The average Bonchev–Trinajstić information content (AvgIpc) is 1.38.